The van der Waals surface area contributed by atoms with Crippen molar-refractivity contribution in [1.82, 2.24) is 5.32 Å². The first kappa shape index (κ1) is 44.6. The maximum atomic E-state index is 17.7. The molecule has 1 saturated heterocycles. The van der Waals surface area contributed by atoms with E-state index in [2.05, 4.69) is 26.6 Å². The average molecular weight is 912 g/mol. The summed E-state index contributed by atoms with van der Waals surface area (Å²) in [5.41, 5.74) is -4.30. The first-order valence-corrected chi connectivity index (χ1v) is 21.5. The number of carbonyl (C=O) groups is 6. The van der Waals surface area contributed by atoms with Gasteiger partial charge in [0.1, 0.15) is 12.8 Å². The second kappa shape index (κ2) is 17.0. The van der Waals surface area contributed by atoms with Crippen LogP contribution in [0.15, 0.2) is 72.3 Å². The van der Waals surface area contributed by atoms with E-state index in [4.69, 9.17) is 9.47 Å². The van der Waals surface area contributed by atoms with Gasteiger partial charge in [0.15, 0.2) is 34.9 Å². The molecule has 2 aromatic carbocycles. The van der Waals surface area contributed by atoms with Gasteiger partial charge in [0.25, 0.3) is 0 Å². The third-order valence-corrected chi connectivity index (χ3v) is 14.4. The summed E-state index contributed by atoms with van der Waals surface area (Å²) in [5.74, 6) is -6.25. The van der Waals surface area contributed by atoms with Gasteiger partial charge >= 0.3 is 5.97 Å². The number of benzene rings is 2. The lowest BCUT2D eigenvalue weighted by atomic mass is 9.44. The molecule has 2 aromatic rings. The Hall–Kier alpha value is -4.48. The van der Waals surface area contributed by atoms with Crippen LogP contribution in [0, 0.1) is 28.6 Å². The number of hydrogen-bond acceptors (Lipinski definition) is 10. The van der Waals surface area contributed by atoms with Gasteiger partial charge in [0.2, 0.25) is 11.8 Å². The lowest BCUT2D eigenvalue weighted by Gasteiger charge is -2.63. The van der Waals surface area contributed by atoms with Gasteiger partial charge in [0.05, 0.1) is 24.1 Å². The predicted octanol–water partition coefficient (Wildman–Crippen LogP) is 4.81. The number of aliphatic carboxylic acids is 1. The van der Waals surface area contributed by atoms with Crippen LogP contribution >= 0.6 is 15.9 Å². The average Bonchev–Trinajstić information content (AvgIpc) is 3.73. The van der Waals surface area contributed by atoms with Crippen molar-refractivity contribution in [3.8, 4) is 0 Å². The van der Waals surface area contributed by atoms with Crippen molar-refractivity contribution in [3.05, 3.63) is 89.0 Å². The lowest BCUT2D eigenvalue weighted by Crippen LogP contribution is -2.70. The predicted molar refractivity (Wildman–Crippen MR) is 219 cm³/mol. The molecular formula is C45H49BrF2N2O11. The van der Waals surface area contributed by atoms with Crippen molar-refractivity contribution in [3.63, 3.8) is 0 Å². The molecule has 5 N–H and O–H groups in total. The number of carboxylic acid groups (broad SMARTS) is 1. The summed E-state index contributed by atoms with van der Waals surface area (Å²) in [6.07, 6.45) is -2.27. The first-order valence-electron chi connectivity index (χ1n) is 20.4. The number of amides is 2. The Kier molecular flexibility index (Phi) is 12.4. The number of Topliss-reactive ketones (excluding diaryl/α,β-unsaturated/α-hetero) is 2. The zero-order valence-electron chi connectivity index (χ0n) is 33.7. The number of ether oxygens (including phenoxy) is 2. The third-order valence-electron chi connectivity index (χ3n) is 13.9. The molecule has 0 bridgehead atoms. The van der Waals surface area contributed by atoms with Crippen LogP contribution in [0.4, 0.5) is 14.5 Å². The highest BCUT2D eigenvalue weighted by atomic mass is 79.9. The van der Waals surface area contributed by atoms with E-state index in [1.807, 2.05) is 18.2 Å². The molecule has 0 spiro atoms. The molecule has 326 valence electrons. The van der Waals surface area contributed by atoms with E-state index in [0.717, 1.165) is 17.2 Å². The molecule has 3 saturated carbocycles. The normalized spacial score (nSPS) is 34.0. The third kappa shape index (κ3) is 7.72. The van der Waals surface area contributed by atoms with Crippen LogP contribution in [0.5, 0.6) is 0 Å². The highest BCUT2D eigenvalue weighted by Gasteiger charge is 2.80. The fourth-order valence-corrected chi connectivity index (χ4v) is 11.2. The Morgan fingerprint density at radius 2 is 1.77 bits per heavy atom. The number of hydrogen-bond donors (Lipinski definition) is 5. The summed E-state index contributed by atoms with van der Waals surface area (Å²) in [7, 11) is 0. The molecular weight excluding hydrogens is 862 g/mol. The van der Waals surface area contributed by atoms with Crippen LogP contribution in [-0.2, 0) is 44.7 Å². The maximum Gasteiger partial charge on any atom is 0.303 e. The van der Waals surface area contributed by atoms with Gasteiger partial charge in [-0.1, -0.05) is 65.3 Å². The van der Waals surface area contributed by atoms with Gasteiger partial charge in [-0.25, -0.2) is 8.78 Å². The first-order chi connectivity index (χ1) is 28.9. The van der Waals surface area contributed by atoms with Gasteiger partial charge in [-0.15, -0.1) is 0 Å². The van der Waals surface area contributed by atoms with E-state index in [-0.39, 0.29) is 56.0 Å². The summed E-state index contributed by atoms with van der Waals surface area (Å²) in [6, 6.07) is 14.3. The zero-order valence-corrected chi connectivity index (χ0v) is 35.3. The quantitative estimate of drug-likeness (QED) is 0.153. The molecule has 0 unspecified atom stereocenters. The molecule has 1 aliphatic heterocycles. The van der Waals surface area contributed by atoms with Crippen molar-refractivity contribution in [2.75, 3.05) is 23.8 Å². The van der Waals surface area contributed by atoms with Gasteiger partial charge in [-0.3, -0.25) is 28.8 Å². The molecule has 1 heterocycles. The minimum absolute atomic E-state index is 0.00456. The SMILES string of the molecule is C[C@]12C=CC(=O)C=C1[C@@H](F)C[C@H]1[C@@H]3C[C@H]4O[C@@H](c5ccc(Cc6cccc(NC(=O)[C@H](CCC(=O)O)CC(=O)CNC(=O)CBr)c6)cc5)O[C@@]4(C(=O)CO)[C@@]3(C)C[C@H](O)[C@@]12F. The number of alkyl halides is 3. The fourth-order valence-electron chi connectivity index (χ4n) is 11.0. The number of ketones is 3. The number of carbonyl (C=O) groups excluding carboxylic acids is 5. The van der Waals surface area contributed by atoms with E-state index < -0.39 is 106 Å². The largest absolute Gasteiger partial charge is 0.481 e. The fraction of sp³-hybridized carbons (Fsp3) is 0.511. The second-order valence-electron chi connectivity index (χ2n) is 17.4. The van der Waals surface area contributed by atoms with Crippen LogP contribution in [0.2, 0.25) is 0 Å². The van der Waals surface area contributed by atoms with Gasteiger partial charge in [-0.2, -0.15) is 0 Å². The molecule has 11 atom stereocenters. The summed E-state index contributed by atoms with van der Waals surface area (Å²) < 4.78 is 46.7. The molecule has 13 nitrogen and oxygen atoms in total. The number of fused-ring (bicyclic) bond motifs is 7. The highest BCUT2D eigenvalue weighted by molar-refractivity contribution is 9.09. The Morgan fingerprint density at radius 3 is 2.46 bits per heavy atom. The molecule has 0 aromatic heterocycles. The summed E-state index contributed by atoms with van der Waals surface area (Å²) in [4.78, 5) is 74.7. The van der Waals surface area contributed by atoms with Gasteiger partial charge in [0, 0.05) is 46.8 Å². The number of halogens is 3. The van der Waals surface area contributed by atoms with Crippen LogP contribution in [0.3, 0.4) is 0 Å². The maximum absolute atomic E-state index is 17.7. The molecule has 4 aliphatic carbocycles. The van der Waals surface area contributed by atoms with Crippen molar-refractivity contribution in [2.24, 2.45) is 28.6 Å². The number of nitrogens with one attached hydrogen (secondary N) is 2. The summed E-state index contributed by atoms with van der Waals surface area (Å²) in [6.45, 7) is 2.05. The number of aliphatic hydroxyl groups excluding tert-OH is 2. The van der Waals surface area contributed by atoms with Crippen LogP contribution in [0.1, 0.15) is 75.4 Å². The summed E-state index contributed by atoms with van der Waals surface area (Å²) in [5, 5.41) is 36.5. The van der Waals surface area contributed by atoms with E-state index in [1.54, 1.807) is 37.3 Å². The molecule has 4 fully saturated rings. The minimum atomic E-state index is -2.36. The number of allylic oxidation sites excluding steroid dienone is 4. The monoisotopic (exact) mass is 910 g/mol. The Labute approximate surface area is 359 Å². The molecule has 61 heavy (non-hydrogen) atoms. The number of rotatable bonds is 15. The van der Waals surface area contributed by atoms with E-state index >= 15 is 8.78 Å². The highest BCUT2D eigenvalue weighted by Crippen LogP contribution is 2.72. The summed E-state index contributed by atoms with van der Waals surface area (Å²) >= 11 is 3.00. The molecule has 5 aliphatic rings. The van der Waals surface area contributed by atoms with Crippen LogP contribution in [0.25, 0.3) is 0 Å². The van der Waals surface area contributed by atoms with Crippen molar-refractivity contribution < 1.29 is 62.3 Å². The van der Waals surface area contributed by atoms with Crippen molar-refractivity contribution >= 4 is 56.8 Å². The zero-order chi connectivity index (χ0) is 44.1. The van der Waals surface area contributed by atoms with Crippen molar-refractivity contribution in [2.45, 2.75) is 94.7 Å². The van der Waals surface area contributed by atoms with Gasteiger partial charge in [-0.05, 0) is 85.9 Å². The van der Waals surface area contributed by atoms with E-state index in [0.29, 0.717) is 17.7 Å². The Balaban J connectivity index is 1.05. The number of aliphatic hydroxyl groups is 2. The topological polar surface area (TPSA) is 206 Å². The lowest BCUT2D eigenvalue weighted by molar-refractivity contribution is -0.235. The smallest absolute Gasteiger partial charge is 0.303 e. The van der Waals surface area contributed by atoms with Gasteiger partial charge < -0.3 is 35.4 Å². The molecule has 16 heteroatoms. The van der Waals surface area contributed by atoms with Crippen LogP contribution < -0.4 is 10.6 Å². The van der Waals surface area contributed by atoms with E-state index in [1.165, 1.54) is 19.1 Å². The standard InChI is InChI=1S/C45H49BrF2N2O11/c1-42-13-12-29(52)17-33(42)34(47)18-32-31-19-37-45(36(55)23-51,43(31,2)20-35(54)44(32,42)48)61-41(60-37)26-8-6-24(7-9-26)14-25-4-3-5-28(15-25)50-40(59)27(10-11-39(57)58)16-30(53)22-49-38(56)21-46/h3-9,12-13,15,17,27,31-32,34-35,37,41,51,54H,10-11,14,16,18-23H2,1-2H3,(H,49,56)(H,50,59)(H,57,58)/t27-,31+,32+,34+,35+,37-,41-,42+,43+,44+,45-/m1/s1. The van der Waals surface area contributed by atoms with Crippen molar-refractivity contribution in [1.29, 1.82) is 0 Å². The molecule has 0 radical (unpaired) electrons. The molecule has 2 amide bonds. The number of anilines is 1. The second-order valence-corrected chi connectivity index (χ2v) is 17.9. The van der Waals surface area contributed by atoms with Crippen LogP contribution in [-0.4, -0.2) is 98.6 Å². The Morgan fingerprint density at radius 1 is 1.03 bits per heavy atom. The Bertz CT molecular complexity index is 2180. The minimum Gasteiger partial charge on any atom is -0.481 e. The molecule has 7 rings (SSSR count). The number of carboxylic acids is 1. The van der Waals surface area contributed by atoms with E-state index in [9.17, 15) is 44.1 Å².